The fraction of sp³-hybridized carbons (Fsp3) is 0.483. The molecule has 9 heteroatoms. The molecule has 1 fully saturated rings. The maximum atomic E-state index is 13.4. The first kappa shape index (κ1) is 27.4. The minimum atomic E-state index is -0.266. The van der Waals surface area contributed by atoms with Crippen molar-refractivity contribution in [2.75, 3.05) is 66.1 Å². The van der Waals surface area contributed by atoms with Crippen LogP contribution < -0.4 is 14.4 Å². The first-order chi connectivity index (χ1) is 18.4. The highest BCUT2D eigenvalue weighted by atomic mass is 16.5. The van der Waals surface area contributed by atoms with Crippen molar-refractivity contribution in [2.24, 2.45) is 5.92 Å². The number of imide groups is 1. The van der Waals surface area contributed by atoms with Gasteiger partial charge in [0.15, 0.2) is 11.5 Å². The topological polar surface area (TPSA) is 88.6 Å². The summed E-state index contributed by atoms with van der Waals surface area (Å²) < 4.78 is 15.8. The molecule has 1 atom stereocenters. The van der Waals surface area contributed by atoms with Crippen molar-refractivity contribution in [2.45, 2.75) is 25.7 Å². The zero-order valence-electron chi connectivity index (χ0n) is 22.7. The maximum Gasteiger partial charge on any atom is 0.263 e. The van der Waals surface area contributed by atoms with E-state index in [1.807, 2.05) is 37.4 Å². The average Bonchev–Trinajstić information content (AvgIpc) is 3.20. The number of hydrogen-bond donors (Lipinski definition) is 0. The van der Waals surface area contributed by atoms with Crippen LogP contribution in [0.2, 0.25) is 0 Å². The minimum absolute atomic E-state index is 0.0892. The van der Waals surface area contributed by atoms with Gasteiger partial charge in [-0.15, -0.1) is 0 Å². The van der Waals surface area contributed by atoms with E-state index < -0.39 is 0 Å². The molecule has 2 aliphatic heterocycles. The number of benzene rings is 2. The quantitative estimate of drug-likeness (QED) is 0.330. The number of ether oxygens (including phenoxy) is 3. The van der Waals surface area contributed by atoms with Gasteiger partial charge in [0.1, 0.15) is 0 Å². The number of carbonyl (C=O) groups excluding carboxylic acids is 3. The number of rotatable bonds is 11. The van der Waals surface area contributed by atoms with Gasteiger partial charge in [0.05, 0.1) is 37.0 Å². The fourth-order valence-corrected chi connectivity index (χ4v) is 5.30. The lowest BCUT2D eigenvalue weighted by Gasteiger charge is -2.36. The lowest BCUT2D eigenvalue weighted by Crippen LogP contribution is -2.44. The smallest absolute Gasteiger partial charge is 0.263 e. The molecule has 2 aromatic rings. The number of piperidine rings is 1. The molecule has 0 spiro atoms. The molecule has 1 unspecified atom stereocenters. The molecule has 1 saturated heterocycles. The third-order valence-electron chi connectivity index (χ3n) is 7.38. The van der Waals surface area contributed by atoms with E-state index in [1.54, 1.807) is 32.3 Å². The van der Waals surface area contributed by atoms with Crippen LogP contribution in [0.5, 0.6) is 11.5 Å². The Morgan fingerprint density at radius 3 is 2.58 bits per heavy atom. The Kier molecular flexibility index (Phi) is 8.89. The Hall–Kier alpha value is -3.59. The van der Waals surface area contributed by atoms with E-state index in [9.17, 15) is 14.4 Å². The largest absolute Gasteiger partial charge is 0.493 e. The zero-order valence-corrected chi connectivity index (χ0v) is 22.7. The van der Waals surface area contributed by atoms with Crippen LogP contribution in [0.15, 0.2) is 36.4 Å². The Labute approximate surface area is 224 Å². The van der Waals surface area contributed by atoms with E-state index in [-0.39, 0.29) is 23.6 Å². The van der Waals surface area contributed by atoms with E-state index in [0.717, 1.165) is 30.6 Å². The number of likely N-dealkylation sites (N-methyl/N-ethyl adjacent to an activating group) is 1. The Morgan fingerprint density at radius 1 is 1.05 bits per heavy atom. The predicted molar refractivity (Wildman–Crippen MR) is 144 cm³/mol. The molecule has 0 bridgehead atoms. The number of amides is 3. The number of hydrogen-bond acceptors (Lipinski definition) is 7. The van der Waals surface area contributed by atoms with Crippen LogP contribution >= 0.6 is 0 Å². The van der Waals surface area contributed by atoms with Gasteiger partial charge in [0.25, 0.3) is 11.8 Å². The van der Waals surface area contributed by atoms with Crippen molar-refractivity contribution in [3.63, 3.8) is 0 Å². The minimum Gasteiger partial charge on any atom is -0.493 e. The number of methoxy groups -OCH3 is 3. The van der Waals surface area contributed by atoms with Crippen LogP contribution in [0.1, 0.15) is 45.5 Å². The zero-order chi connectivity index (χ0) is 27.2. The van der Waals surface area contributed by atoms with Gasteiger partial charge in [0, 0.05) is 46.9 Å². The Morgan fingerprint density at radius 2 is 1.84 bits per heavy atom. The van der Waals surface area contributed by atoms with E-state index >= 15 is 0 Å². The molecule has 2 aromatic carbocycles. The first-order valence-corrected chi connectivity index (χ1v) is 13.1. The highest BCUT2D eigenvalue weighted by Crippen LogP contribution is 2.34. The third-order valence-corrected chi connectivity index (χ3v) is 7.38. The number of carbonyl (C=O) groups is 3. The Balaban J connectivity index is 1.42. The standard InChI is InChI=1S/C29H37N3O6/c1-30(16-13-20-11-12-24(37-3)25(18-20)38-4)27(33)21-8-6-14-31(19-21)23-10-5-9-22-26(23)29(35)32(28(22)34)15-7-17-36-2/h5,9-12,18,21H,6-8,13-17,19H2,1-4H3. The summed E-state index contributed by atoms with van der Waals surface area (Å²) in [6.07, 6.45) is 2.92. The summed E-state index contributed by atoms with van der Waals surface area (Å²) in [6.45, 7) is 2.64. The molecule has 0 radical (unpaired) electrons. The normalized spacial score (nSPS) is 17.0. The average molecular weight is 524 g/mol. The highest BCUT2D eigenvalue weighted by molar-refractivity contribution is 6.23. The predicted octanol–water partition coefficient (Wildman–Crippen LogP) is 3.25. The van der Waals surface area contributed by atoms with Crippen LogP contribution in [0.3, 0.4) is 0 Å². The molecule has 0 N–H and O–H groups in total. The van der Waals surface area contributed by atoms with Crippen molar-refractivity contribution >= 4 is 23.4 Å². The van der Waals surface area contributed by atoms with Crippen molar-refractivity contribution < 1.29 is 28.6 Å². The van der Waals surface area contributed by atoms with E-state index in [1.165, 1.54) is 4.90 Å². The van der Waals surface area contributed by atoms with E-state index in [2.05, 4.69) is 4.90 Å². The summed E-state index contributed by atoms with van der Waals surface area (Å²) in [5, 5.41) is 0. The number of fused-ring (bicyclic) bond motifs is 1. The van der Waals surface area contributed by atoms with Gasteiger partial charge in [-0.25, -0.2) is 0 Å². The monoisotopic (exact) mass is 523 g/mol. The van der Waals surface area contributed by atoms with E-state index in [4.69, 9.17) is 14.2 Å². The Bertz CT molecular complexity index is 1180. The van der Waals surface area contributed by atoms with Crippen molar-refractivity contribution in [3.8, 4) is 11.5 Å². The molecule has 9 nitrogen and oxygen atoms in total. The second-order valence-electron chi connectivity index (χ2n) is 9.79. The van der Waals surface area contributed by atoms with Gasteiger partial charge >= 0.3 is 0 Å². The summed E-state index contributed by atoms with van der Waals surface area (Å²) in [6, 6.07) is 11.2. The molecule has 3 amide bonds. The van der Waals surface area contributed by atoms with Crippen LogP contribution in [0.4, 0.5) is 5.69 Å². The highest BCUT2D eigenvalue weighted by Gasteiger charge is 2.39. The van der Waals surface area contributed by atoms with Crippen molar-refractivity contribution in [3.05, 3.63) is 53.1 Å². The van der Waals surface area contributed by atoms with Gasteiger partial charge in [-0.2, -0.15) is 0 Å². The first-order valence-electron chi connectivity index (χ1n) is 13.1. The molecule has 38 heavy (non-hydrogen) atoms. The lowest BCUT2D eigenvalue weighted by atomic mass is 9.94. The molecule has 2 heterocycles. The van der Waals surface area contributed by atoms with Crippen LogP contribution in [0.25, 0.3) is 0 Å². The summed E-state index contributed by atoms with van der Waals surface area (Å²) in [7, 11) is 6.65. The van der Waals surface area contributed by atoms with Gasteiger partial charge in [-0.3, -0.25) is 19.3 Å². The lowest BCUT2D eigenvalue weighted by molar-refractivity contribution is -0.134. The van der Waals surface area contributed by atoms with Crippen LogP contribution in [-0.2, 0) is 16.0 Å². The second-order valence-corrected chi connectivity index (χ2v) is 9.79. The fourth-order valence-electron chi connectivity index (χ4n) is 5.30. The van der Waals surface area contributed by atoms with Gasteiger partial charge in [-0.1, -0.05) is 12.1 Å². The molecule has 4 rings (SSSR count). The van der Waals surface area contributed by atoms with E-state index in [0.29, 0.717) is 61.7 Å². The number of nitrogens with zero attached hydrogens (tertiary/aromatic N) is 3. The summed E-state index contributed by atoms with van der Waals surface area (Å²) in [5.41, 5.74) is 2.68. The summed E-state index contributed by atoms with van der Waals surface area (Å²) in [5.74, 6) is 0.724. The van der Waals surface area contributed by atoms with Crippen LogP contribution in [-0.4, -0.2) is 88.7 Å². The SMILES string of the molecule is COCCCN1C(=O)c2cccc(N3CCCC(C(=O)N(C)CCc4ccc(OC)c(OC)c4)C3)c2C1=O. The van der Waals surface area contributed by atoms with Crippen molar-refractivity contribution in [1.82, 2.24) is 9.80 Å². The molecular weight excluding hydrogens is 486 g/mol. The van der Waals surface area contributed by atoms with Gasteiger partial charge < -0.3 is 24.0 Å². The second kappa shape index (κ2) is 12.3. The third kappa shape index (κ3) is 5.62. The molecule has 204 valence electrons. The van der Waals surface area contributed by atoms with Gasteiger partial charge in [-0.05, 0) is 55.5 Å². The van der Waals surface area contributed by atoms with Crippen molar-refractivity contribution in [1.29, 1.82) is 0 Å². The maximum absolute atomic E-state index is 13.4. The number of anilines is 1. The molecule has 0 aliphatic carbocycles. The van der Waals surface area contributed by atoms with Gasteiger partial charge in [0.2, 0.25) is 5.91 Å². The molecule has 2 aliphatic rings. The molecule has 0 saturated carbocycles. The summed E-state index contributed by atoms with van der Waals surface area (Å²) in [4.78, 5) is 44.7. The molecular formula is C29H37N3O6. The molecule has 0 aromatic heterocycles. The van der Waals surface area contributed by atoms with Crippen LogP contribution in [0, 0.1) is 5.92 Å². The summed E-state index contributed by atoms with van der Waals surface area (Å²) >= 11 is 0.